The average molecular weight is 487 g/mol. The number of piperidine rings is 1. The van der Waals surface area contributed by atoms with Crippen LogP contribution in [0.4, 0.5) is 0 Å². The first-order valence-corrected chi connectivity index (χ1v) is 11.6. The lowest BCUT2D eigenvalue weighted by molar-refractivity contribution is 0.0733. The molecule has 8 heteroatoms. The summed E-state index contributed by atoms with van der Waals surface area (Å²) in [6, 6.07) is 8.01. The minimum absolute atomic E-state index is 0.141. The fraction of sp³-hybridized carbons (Fsp3) is 0.350. The standard InChI is InChI=1S/C20H21BrClNO4S/c1-13-6-7-15(11-18(13)28(25,26)23-8-4-3-5-9-23)20(24)27-19-14(2)10-16(21)12-17(19)22/h6-7,10-12H,3-5,8-9H2,1-2H3. The minimum atomic E-state index is -3.65. The van der Waals surface area contributed by atoms with Gasteiger partial charge in [0.05, 0.1) is 15.5 Å². The van der Waals surface area contributed by atoms with Crippen molar-refractivity contribution in [2.75, 3.05) is 13.1 Å². The highest BCUT2D eigenvalue weighted by Gasteiger charge is 2.28. The topological polar surface area (TPSA) is 63.7 Å². The number of carbonyl (C=O) groups excluding carboxylic acids is 1. The van der Waals surface area contributed by atoms with E-state index in [0.29, 0.717) is 29.2 Å². The van der Waals surface area contributed by atoms with Crippen LogP contribution in [-0.2, 0) is 10.0 Å². The highest BCUT2D eigenvalue weighted by atomic mass is 79.9. The van der Waals surface area contributed by atoms with E-state index in [1.807, 2.05) is 0 Å². The van der Waals surface area contributed by atoms with Gasteiger partial charge in [0.25, 0.3) is 0 Å². The van der Waals surface area contributed by atoms with Crippen molar-refractivity contribution in [3.8, 4) is 5.75 Å². The predicted molar refractivity (Wildman–Crippen MR) is 113 cm³/mol. The van der Waals surface area contributed by atoms with Gasteiger partial charge in [0.2, 0.25) is 10.0 Å². The number of nitrogens with zero attached hydrogens (tertiary/aromatic N) is 1. The van der Waals surface area contributed by atoms with Gasteiger partial charge in [0.15, 0.2) is 5.75 Å². The number of benzene rings is 2. The zero-order valence-corrected chi connectivity index (χ0v) is 18.8. The number of rotatable bonds is 4. The highest BCUT2D eigenvalue weighted by molar-refractivity contribution is 9.10. The molecule has 0 atom stereocenters. The zero-order valence-electron chi connectivity index (χ0n) is 15.7. The van der Waals surface area contributed by atoms with Crippen molar-refractivity contribution in [2.45, 2.75) is 38.0 Å². The second kappa shape index (κ2) is 8.53. The van der Waals surface area contributed by atoms with Gasteiger partial charge in [-0.1, -0.05) is 40.0 Å². The molecule has 0 saturated carbocycles. The molecule has 0 bridgehead atoms. The molecule has 1 saturated heterocycles. The molecule has 1 aliphatic heterocycles. The number of hydrogen-bond acceptors (Lipinski definition) is 4. The first-order valence-electron chi connectivity index (χ1n) is 8.99. The molecule has 2 aromatic rings. The molecule has 0 aliphatic carbocycles. The number of sulfonamides is 1. The summed E-state index contributed by atoms with van der Waals surface area (Å²) in [5.74, 6) is -0.390. The Bertz CT molecular complexity index is 994. The lowest BCUT2D eigenvalue weighted by Crippen LogP contribution is -2.36. The van der Waals surface area contributed by atoms with Crippen molar-refractivity contribution in [3.63, 3.8) is 0 Å². The molecule has 0 N–H and O–H groups in total. The summed E-state index contributed by atoms with van der Waals surface area (Å²) < 4.78 is 33.8. The number of halogens is 2. The van der Waals surface area contributed by atoms with Gasteiger partial charge < -0.3 is 4.74 Å². The van der Waals surface area contributed by atoms with Gasteiger partial charge in [-0.2, -0.15) is 4.31 Å². The number of aryl methyl sites for hydroxylation is 2. The van der Waals surface area contributed by atoms with Crippen molar-refractivity contribution >= 4 is 43.5 Å². The van der Waals surface area contributed by atoms with E-state index < -0.39 is 16.0 Å². The summed E-state index contributed by atoms with van der Waals surface area (Å²) in [7, 11) is -3.65. The molecular formula is C20H21BrClNO4S. The molecule has 0 amide bonds. The Hall–Kier alpha value is -1.41. The molecular weight excluding hydrogens is 466 g/mol. The number of esters is 1. The highest BCUT2D eigenvalue weighted by Crippen LogP contribution is 2.33. The molecule has 3 rings (SSSR count). The maximum absolute atomic E-state index is 13.0. The van der Waals surface area contributed by atoms with Crippen LogP contribution in [0.2, 0.25) is 5.02 Å². The molecule has 150 valence electrons. The molecule has 28 heavy (non-hydrogen) atoms. The normalized spacial score (nSPS) is 15.4. The molecule has 2 aromatic carbocycles. The Labute approximate surface area is 178 Å². The smallest absolute Gasteiger partial charge is 0.343 e. The first-order chi connectivity index (χ1) is 13.2. The fourth-order valence-corrected chi connectivity index (χ4v) is 6.00. The Morgan fingerprint density at radius 3 is 2.39 bits per heavy atom. The van der Waals surface area contributed by atoms with Crippen LogP contribution < -0.4 is 4.74 Å². The minimum Gasteiger partial charge on any atom is -0.421 e. The fourth-order valence-electron chi connectivity index (χ4n) is 3.22. The van der Waals surface area contributed by atoms with Crippen molar-refractivity contribution in [1.29, 1.82) is 0 Å². The summed E-state index contributed by atoms with van der Waals surface area (Å²) in [4.78, 5) is 12.8. The Kier molecular flexibility index (Phi) is 6.49. The van der Waals surface area contributed by atoms with Crippen molar-refractivity contribution in [2.24, 2.45) is 0 Å². The average Bonchev–Trinajstić information content (AvgIpc) is 2.65. The van der Waals surface area contributed by atoms with Crippen molar-refractivity contribution in [3.05, 3.63) is 56.5 Å². The molecule has 5 nitrogen and oxygen atoms in total. The van der Waals surface area contributed by atoms with E-state index in [1.165, 1.54) is 10.4 Å². The summed E-state index contributed by atoms with van der Waals surface area (Å²) >= 11 is 9.53. The Morgan fingerprint density at radius 1 is 1.07 bits per heavy atom. The van der Waals surface area contributed by atoms with Crippen LogP contribution in [-0.4, -0.2) is 31.8 Å². The van der Waals surface area contributed by atoms with Gasteiger partial charge in [-0.15, -0.1) is 0 Å². The van der Waals surface area contributed by atoms with E-state index in [4.69, 9.17) is 16.3 Å². The van der Waals surface area contributed by atoms with E-state index in [9.17, 15) is 13.2 Å². The van der Waals surface area contributed by atoms with E-state index in [2.05, 4.69) is 15.9 Å². The third-order valence-electron chi connectivity index (χ3n) is 4.75. The second-order valence-corrected chi connectivity index (χ2v) is 10.1. The van der Waals surface area contributed by atoms with Crippen LogP contribution >= 0.6 is 27.5 Å². The Morgan fingerprint density at radius 2 is 1.75 bits per heavy atom. The second-order valence-electron chi connectivity index (χ2n) is 6.87. The third-order valence-corrected chi connectivity index (χ3v) is 7.52. The summed E-state index contributed by atoms with van der Waals surface area (Å²) in [6.07, 6.45) is 2.73. The van der Waals surface area contributed by atoms with E-state index in [-0.39, 0.29) is 16.2 Å². The van der Waals surface area contributed by atoms with Gasteiger partial charge in [-0.05, 0) is 62.1 Å². The number of ether oxygens (including phenoxy) is 1. The lowest BCUT2D eigenvalue weighted by atomic mass is 10.1. The summed E-state index contributed by atoms with van der Waals surface area (Å²) in [5, 5.41) is 0.300. The molecule has 0 radical (unpaired) electrons. The van der Waals surface area contributed by atoms with Gasteiger partial charge in [0, 0.05) is 17.6 Å². The van der Waals surface area contributed by atoms with Crippen LogP contribution in [0.25, 0.3) is 0 Å². The lowest BCUT2D eigenvalue weighted by Gasteiger charge is -2.26. The third kappa shape index (κ3) is 4.43. The molecule has 0 unspecified atom stereocenters. The van der Waals surface area contributed by atoms with Crippen LogP contribution in [0.1, 0.15) is 40.7 Å². The van der Waals surface area contributed by atoms with Crippen LogP contribution in [0.15, 0.2) is 39.7 Å². The number of hydrogen-bond donors (Lipinski definition) is 0. The summed E-state index contributed by atoms with van der Waals surface area (Å²) in [5.41, 5.74) is 1.46. The van der Waals surface area contributed by atoms with E-state index in [0.717, 1.165) is 23.7 Å². The molecule has 0 aromatic heterocycles. The van der Waals surface area contributed by atoms with Crippen LogP contribution in [0, 0.1) is 13.8 Å². The van der Waals surface area contributed by atoms with Gasteiger partial charge in [0.1, 0.15) is 0 Å². The summed E-state index contributed by atoms with van der Waals surface area (Å²) in [6.45, 7) is 4.51. The van der Waals surface area contributed by atoms with Crippen LogP contribution in [0.5, 0.6) is 5.75 Å². The van der Waals surface area contributed by atoms with Gasteiger partial charge >= 0.3 is 5.97 Å². The Balaban J connectivity index is 1.92. The van der Waals surface area contributed by atoms with Gasteiger partial charge in [-0.3, -0.25) is 0 Å². The zero-order chi connectivity index (χ0) is 20.5. The van der Waals surface area contributed by atoms with E-state index in [1.54, 1.807) is 38.1 Å². The molecule has 1 aliphatic rings. The maximum atomic E-state index is 13.0. The van der Waals surface area contributed by atoms with Gasteiger partial charge in [-0.25, -0.2) is 13.2 Å². The predicted octanol–water partition coefficient (Wildman–Crippen LogP) is 5.11. The largest absolute Gasteiger partial charge is 0.421 e. The quantitative estimate of drug-likeness (QED) is 0.445. The SMILES string of the molecule is Cc1ccc(C(=O)Oc2c(C)cc(Br)cc2Cl)cc1S(=O)(=O)N1CCCCC1. The first kappa shape index (κ1) is 21.3. The number of carbonyl (C=O) groups is 1. The monoisotopic (exact) mass is 485 g/mol. The molecule has 1 fully saturated rings. The van der Waals surface area contributed by atoms with Crippen molar-refractivity contribution < 1.29 is 17.9 Å². The maximum Gasteiger partial charge on any atom is 0.343 e. The van der Waals surface area contributed by atoms with E-state index >= 15 is 0 Å². The van der Waals surface area contributed by atoms with Crippen molar-refractivity contribution in [1.82, 2.24) is 4.31 Å². The molecule has 0 spiro atoms. The molecule has 1 heterocycles. The van der Waals surface area contributed by atoms with Crippen LogP contribution in [0.3, 0.4) is 0 Å².